The Hall–Kier alpha value is -2.33. The van der Waals surface area contributed by atoms with Crippen molar-refractivity contribution in [2.75, 3.05) is 18.4 Å². The van der Waals surface area contributed by atoms with Crippen LogP contribution < -0.4 is 16.2 Å². The van der Waals surface area contributed by atoms with E-state index >= 15 is 0 Å². The Kier molecular flexibility index (Phi) is 5.77. The van der Waals surface area contributed by atoms with Gasteiger partial charge in [-0.2, -0.15) is 18.3 Å². The molecule has 0 spiro atoms. The SMILES string of the molecule is Cl.O=C(Nc1cc(C(F)(F)F)c[nH]c1=O)C1(n2cccn2)CCNCC1. The summed E-state index contributed by atoms with van der Waals surface area (Å²) in [5, 5.41) is 9.59. The molecule has 0 aromatic carbocycles. The summed E-state index contributed by atoms with van der Waals surface area (Å²) >= 11 is 0. The van der Waals surface area contributed by atoms with Crippen molar-refractivity contribution in [2.45, 2.75) is 24.6 Å². The largest absolute Gasteiger partial charge is 0.417 e. The summed E-state index contributed by atoms with van der Waals surface area (Å²) < 4.78 is 40.0. The molecule has 2 aromatic rings. The number of rotatable bonds is 3. The first-order valence-corrected chi connectivity index (χ1v) is 7.65. The number of piperidine rings is 1. The fourth-order valence-corrected chi connectivity index (χ4v) is 2.90. The molecule has 0 saturated carbocycles. The number of carbonyl (C=O) groups excluding carboxylic acids is 1. The molecule has 1 saturated heterocycles. The van der Waals surface area contributed by atoms with E-state index in [-0.39, 0.29) is 12.4 Å². The topological polar surface area (TPSA) is 91.8 Å². The summed E-state index contributed by atoms with van der Waals surface area (Å²) in [6.07, 6.45) is -0.103. The predicted molar refractivity (Wildman–Crippen MR) is 90.2 cm³/mol. The Morgan fingerprint density at radius 2 is 2.00 bits per heavy atom. The highest BCUT2D eigenvalue weighted by Gasteiger charge is 2.42. The van der Waals surface area contributed by atoms with Crippen molar-refractivity contribution >= 4 is 24.0 Å². The quantitative estimate of drug-likeness (QED) is 0.743. The monoisotopic (exact) mass is 391 g/mol. The van der Waals surface area contributed by atoms with Gasteiger partial charge in [-0.05, 0) is 38.1 Å². The third kappa shape index (κ3) is 3.75. The second-order valence-electron chi connectivity index (χ2n) is 5.82. The van der Waals surface area contributed by atoms with Gasteiger partial charge < -0.3 is 15.6 Å². The van der Waals surface area contributed by atoms with E-state index in [2.05, 4.69) is 15.7 Å². The molecular weight excluding hydrogens is 375 g/mol. The maximum atomic E-state index is 12.9. The Morgan fingerprint density at radius 3 is 2.58 bits per heavy atom. The lowest BCUT2D eigenvalue weighted by molar-refractivity contribution is -0.138. The lowest BCUT2D eigenvalue weighted by atomic mass is 9.87. The molecule has 0 radical (unpaired) electrons. The molecule has 1 aliphatic rings. The first-order valence-electron chi connectivity index (χ1n) is 7.65. The van der Waals surface area contributed by atoms with Crippen molar-refractivity contribution in [3.63, 3.8) is 0 Å². The number of carbonyl (C=O) groups is 1. The van der Waals surface area contributed by atoms with Crippen molar-refractivity contribution in [2.24, 2.45) is 0 Å². The number of pyridine rings is 1. The van der Waals surface area contributed by atoms with Gasteiger partial charge in [0, 0.05) is 18.6 Å². The van der Waals surface area contributed by atoms with Gasteiger partial charge in [-0.15, -0.1) is 12.4 Å². The zero-order valence-corrected chi connectivity index (χ0v) is 14.3. The Bertz CT molecular complexity index is 813. The summed E-state index contributed by atoms with van der Waals surface area (Å²) in [5.74, 6) is -0.567. The second-order valence-corrected chi connectivity index (χ2v) is 5.82. The zero-order valence-electron chi connectivity index (χ0n) is 13.5. The van der Waals surface area contributed by atoms with E-state index in [0.717, 1.165) is 0 Å². The van der Waals surface area contributed by atoms with Crippen molar-refractivity contribution in [1.29, 1.82) is 0 Å². The van der Waals surface area contributed by atoms with Gasteiger partial charge in [0.2, 0.25) is 0 Å². The molecule has 26 heavy (non-hydrogen) atoms. The van der Waals surface area contributed by atoms with E-state index in [9.17, 15) is 22.8 Å². The van der Waals surface area contributed by atoms with E-state index in [1.54, 1.807) is 12.3 Å². The average molecular weight is 392 g/mol. The van der Waals surface area contributed by atoms with Crippen molar-refractivity contribution in [1.82, 2.24) is 20.1 Å². The molecule has 3 heterocycles. The fraction of sp³-hybridized carbons (Fsp3) is 0.400. The van der Waals surface area contributed by atoms with Crippen molar-refractivity contribution in [3.8, 4) is 0 Å². The smallest absolute Gasteiger partial charge is 0.327 e. The number of aromatic nitrogens is 3. The van der Waals surface area contributed by atoms with Crippen LogP contribution in [0.3, 0.4) is 0 Å². The van der Waals surface area contributed by atoms with Gasteiger partial charge >= 0.3 is 6.18 Å². The van der Waals surface area contributed by atoms with Gasteiger partial charge in [-0.3, -0.25) is 14.3 Å². The lowest BCUT2D eigenvalue weighted by Crippen LogP contribution is -2.52. The number of alkyl halides is 3. The molecule has 1 amide bonds. The first-order chi connectivity index (χ1) is 11.8. The number of anilines is 1. The van der Waals surface area contributed by atoms with Crippen molar-refractivity contribution < 1.29 is 18.0 Å². The third-order valence-electron chi connectivity index (χ3n) is 4.28. The Balaban J connectivity index is 0.00000243. The van der Waals surface area contributed by atoms with Crippen LogP contribution in [0.15, 0.2) is 35.5 Å². The van der Waals surface area contributed by atoms with Crippen LogP contribution in [0.25, 0.3) is 0 Å². The van der Waals surface area contributed by atoms with Crippen LogP contribution in [0.5, 0.6) is 0 Å². The van der Waals surface area contributed by atoms with E-state index < -0.39 is 34.4 Å². The lowest BCUT2D eigenvalue weighted by Gasteiger charge is -2.36. The third-order valence-corrected chi connectivity index (χ3v) is 4.28. The number of H-pyrrole nitrogens is 1. The maximum Gasteiger partial charge on any atom is 0.417 e. The van der Waals surface area contributed by atoms with Gasteiger partial charge in [0.05, 0.1) is 5.56 Å². The minimum atomic E-state index is -4.63. The van der Waals surface area contributed by atoms with E-state index in [4.69, 9.17) is 0 Å². The molecule has 0 unspecified atom stereocenters. The molecule has 1 fully saturated rings. The van der Waals surface area contributed by atoms with Crippen LogP contribution in [0.1, 0.15) is 18.4 Å². The van der Waals surface area contributed by atoms with E-state index in [1.165, 1.54) is 10.9 Å². The number of nitrogens with one attached hydrogen (secondary N) is 3. The summed E-state index contributed by atoms with van der Waals surface area (Å²) in [6, 6.07) is 2.29. The molecule has 2 aromatic heterocycles. The van der Waals surface area contributed by atoms with Gasteiger partial charge in [0.25, 0.3) is 11.5 Å². The van der Waals surface area contributed by atoms with E-state index in [1.807, 2.05) is 4.98 Å². The number of aromatic amines is 1. The summed E-state index contributed by atoms with van der Waals surface area (Å²) in [7, 11) is 0. The van der Waals surface area contributed by atoms with E-state index in [0.29, 0.717) is 38.2 Å². The first kappa shape index (κ1) is 20.0. The molecule has 0 atom stereocenters. The minimum absolute atomic E-state index is 0. The normalized spacial score (nSPS) is 16.6. The molecule has 3 rings (SSSR count). The predicted octanol–water partition coefficient (Wildman–Crippen LogP) is 1.73. The average Bonchev–Trinajstić information content (AvgIpc) is 3.11. The molecule has 1 aliphatic heterocycles. The summed E-state index contributed by atoms with van der Waals surface area (Å²) in [5.41, 5.74) is -3.34. The second kappa shape index (κ2) is 7.50. The molecule has 0 aliphatic carbocycles. The van der Waals surface area contributed by atoms with Gasteiger partial charge in [-0.1, -0.05) is 0 Å². The van der Waals surface area contributed by atoms with Crippen LogP contribution in [0.4, 0.5) is 18.9 Å². The minimum Gasteiger partial charge on any atom is -0.327 e. The highest BCUT2D eigenvalue weighted by atomic mass is 35.5. The molecule has 142 valence electrons. The number of nitrogens with zero attached hydrogens (tertiary/aromatic N) is 2. The number of halogens is 4. The standard InChI is InChI=1S/C15H16F3N5O2.ClH/c16-15(17,18)10-8-11(12(24)20-9-10)22-13(25)14(2-5-19-6-3-14)23-7-1-4-21-23;/h1,4,7-9,19H,2-3,5-6H2,(H,20,24)(H,22,25);1H. The van der Waals surface area contributed by atoms with Crippen LogP contribution in [-0.2, 0) is 16.5 Å². The maximum absolute atomic E-state index is 12.9. The summed E-state index contributed by atoms with van der Waals surface area (Å²) in [6.45, 7) is 1.10. The van der Waals surface area contributed by atoms with Gasteiger partial charge in [0.1, 0.15) is 11.2 Å². The summed E-state index contributed by atoms with van der Waals surface area (Å²) in [4.78, 5) is 26.7. The molecule has 11 heteroatoms. The Labute approximate surface area is 152 Å². The molecule has 3 N–H and O–H groups in total. The fourth-order valence-electron chi connectivity index (χ4n) is 2.90. The van der Waals surface area contributed by atoms with Crippen molar-refractivity contribution in [3.05, 3.63) is 46.6 Å². The number of hydrogen-bond acceptors (Lipinski definition) is 4. The van der Waals surface area contributed by atoms with Gasteiger partial charge in [-0.25, -0.2) is 0 Å². The molecular formula is C15H17ClF3N5O2. The van der Waals surface area contributed by atoms with Crippen LogP contribution in [0.2, 0.25) is 0 Å². The van der Waals surface area contributed by atoms with Crippen LogP contribution in [-0.4, -0.2) is 33.8 Å². The zero-order chi connectivity index (χ0) is 18.1. The molecule has 0 bridgehead atoms. The highest BCUT2D eigenvalue weighted by molar-refractivity contribution is 5.96. The Morgan fingerprint density at radius 1 is 1.31 bits per heavy atom. The van der Waals surface area contributed by atoms with Gasteiger partial charge in [0.15, 0.2) is 0 Å². The number of amides is 1. The molecule has 7 nitrogen and oxygen atoms in total. The highest BCUT2D eigenvalue weighted by Crippen LogP contribution is 2.31. The van der Waals surface area contributed by atoms with Crippen LogP contribution in [0, 0.1) is 0 Å². The number of hydrogen-bond donors (Lipinski definition) is 3. The van der Waals surface area contributed by atoms with Crippen LogP contribution >= 0.6 is 12.4 Å².